The molecule has 338 valence electrons. The van der Waals surface area contributed by atoms with Crippen LogP contribution in [-0.4, -0.2) is 85.6 Å². The Morgan fingerprint density at radius 1 is 0.938 bits per heavy atom. The molecule has 1 saturated carbocycles. The van der Waals surface area contributed by atoms with Gasteiger partial charge in [0.15, 0.2) is 5.82 Å². The second-order valence-corrected chi connectivity index (χ2v) is 20.2. The van der Waals surface area contributed by atoms with Crippen LogP contribution in [-0.2, 0) is 16.7 Å². The minimum Gasteiger partial charge on any atom is -0.381 e. The lowest BCUT2D eigenvalue weighted by molar-refractivity contribution is 0.0663. The van der Waals surface area contributed by atoms with Gasteiger partial charge in [-0.15, -0.1) is 10.8 Å². The predicted molar refractivity (Wildman–Crippen MR) is 243 cm³/mol. The molecule has 0 bridgehead atoms. The molecule has 18 heteroatoms. The fourth-order valence-corrected chi connectivity index (χ4v) is 12.3. The molecule has 3 aliphatic heterocycles. The van der Waals surface area contributed by atoms with Crippen LogP contribution in [0.5, 0.6) is 0 Å². The zero-order chi connectivity index (χ0) is 45.1. The number of aryl methyl sites for hydroxylation is 2. The van der Waals surface area contributed by atoms with Crippen LogP contribution < -0.4 is 15.8 Å². The molecule has 2 saturated heterocycles. The predicted octanol–water partition coefficient (Wildman–Crippen LogP) is 7.51. The Labute approximate surface area is 374 Å². The summed E-state index contributed by atoms with van der Waals surface area (Å²) in [6.45, 7) is 9.58. The molecule has 3 aromatic carbocycles. The highest BCUT2D eigenvalue weighted by Gasteiger charge is 2.59. The van der Waals surface area contributed by atoms with E-state index in [4.69, 9.17) is 14.4 Å². The van der Waals surface area contributed by atoms with Crippen molar-refractivity contribution >= 4 is 33.3 Å². The van der Waals surface area contributed by atoms with Crippen molar-refractivity contribution < 1.29 is 27.6 Å². The van der Waals surface area contributed by atoms with Crippen molar-refractivity contribution in [2.75, 3.05) is 36.4 Å². The van der Waals surface area contributed by atoms with E-state index in [1.807, 2.05) is 22.5 Å². The van der Waals surface area contributed by atoms with Gasteiger partial charge in [0, 0.05) is 61.6 Å². The Kier molecular flexibility index (Phi) is 9.69. The average molecular weight is 904 g/mol. The van der Waals surface area contributed by atoms with Crippen molar-refractivity contribution in [3.63, 3.8) is 0 Å². The number of rotatable bonds is 8. The van der Waals surface area contributed by atoms with E-state index in [1.54, 1.807) is 71.6 Å². The summed E-state index contributed by atoms with van der Waals surface area (Å²) in [7, 11) is -2.97. The van der Waals surface area contributed by atoms with Gasteiger partial charge in [-0.1, -0.05) is 24.2 Å². The highest BCUT2D eigenvalue weighted by molar-refractivity contribution is 8.25. The molecule has 4 aromatic heterocycles. The summed E-state index contributed by atoms with van der Waals surface area (Å²) in [5.41, 5.74) is 5.08. The lowest BCUT2D eigenvalue weighted by Gasteiger charge is -2.38. The number of anilines is 1. The van der Waals surface area contributed by atoms with E-state index in [0.717, 1.165) is 23.7 Å². The molecule has 65 heavy (non-hydrogen) atoms. The molecule has 3 N–H and O–H groups in total. The van der Waals surface area contributed by atoms with Gasteiger partial charge < -0.3 is 14.2 Å². The number of fused-ring (bicyclic) bond motifs is 2. The maximum Gasteiger partial charge on any atom is 0.438 e. The molecule has 3 fully saturated rings. The molecule has 16 nitrogen and oxygen atoms in total. The van der Waals surface area contributed by atoms with E-state index >= 15 is 9.18 Å². The van der Waals surface area contributed by atoms with Gasteiger partial charge in [0.1, 0.15) is 22.9 Å². The number of imidazole rings is 1. The number of nitrogens with one attached hydrogen (secondary N) is 1. The maximum atomic E-state index is 15.5. The molecule has 4 aliphatic rings. The second kappa shape index (κ2) is 15.2. The van der Waals surface area contributed by atoms with E-state index in [9.17, 15) is 18.7 Å². The number of aromatic amines is 1. The first-order valence-corrected chi connectivity index (χ1v) is 23.9. The number of ether oxygens (including phenoxy) is 1. The summed E-state index contributed by atoms with van der Waals surface area (Å²) >= 11 is 0. The fraction of sp³-hybridized carbons (Fsp3) is 0.383. The number of aromatic nitrogens is 7. The van der Waals surface area contributed by atoms with Crippen LogP contribution in [0.3, 0.4) is 0 Å². The normalized spacial score (nSPS) is 22.4. The van der Waals surface area contributed by atoms with Crippen LogP contribution in [0.2, 0.25) is 0 Å². The van der Waals surface area contributed by atoms with Crippen molar-refractivity contribution in [2.45, 2.75) is 77.3 Å². The summed E-state index contributed by atoms with van der Waals surface area (Å²) < 4.78 is 55.6. The van der Waals surface area contributed by atoms with Crippen LogP contribution in [0.1, 0.15) is 95.8 Å². The number of nitrogens with zero attached hydrogens (tertiary/aromatic N) is 8. The van der Waals surface area contributed by atoms with E-state index in [-0.39, 0.29) is 23.4 Å². The molecular weight excluding hydrogens is 854 g/mol. The summed E-state index contributed by atoms with van der Waals surface area (Å²) in [4.78, 5) is 47.3. The second-order valence-electron chi connectivity index (χ2n) is 18.1. The SMILES string of the molecule is Cc1cc(-n2nc3c(c2-n2ccn(-c4cccc(N5CCCS5(O)O)c4)c2=O)C(C)N(C(=O)c2cc4cc(C5CCOCC5)ccc4n2[C@@]2(c4noc(=O)[nH]4)C[C@@H]2C)CC3)cc(C)c1F. The Balaban J connectivity index is 1.04. The molecule has 11 rings (SSSR count). The first kappa shape index (κ1) is 41.5. The van der Waals surface area contributed by atoms with Crippen LogP contribution in [0.25, 0.3) is 28.1 Å². The average Bonchev–Trinajstić information content (AvgIpc) is 3.92. The quantitative estimate of drug-likeness (QED) is 0.138. The highest BCUT2D eigenvalue weighted by atomic mass is 32.3. The molecule has 7 heterocycles. The third-order valence-corrected chi connectivity index (χ3v) is 16.1. The standard InChI is InChI=1S/C47H50FN9O7S/c1-27-21-36(22-28(2)41(27)48)57-42(54-17-16-53(46(54)60)34-7-5-8-35(25-34)55-14-6-20-65(55,61)62)40-30(4)52(15-11-37(40)50-57)43(58)39-24-33-23-32(31-12-18-63-19-13-31)9-10-38(33)56(39)47(26-29(47)3)44-49-45(59)64-51-44/h5,7-10,16-17,21-25,29-31,61-62H,6,11-15,18-20,26H2,1-4H3,(H,49,51,59)/t29-,30?,47-/m0/s1. The van der Waals surface area contributed by atoms with Gasteiger partial charge in [0.2, 0.25) is 0 Å². The van der Waals surface area contributed by atoms with Crippen molar-refractivity contribution in [3.05, 3.63) is 139 Å². The van der Waals surface area contributed by atoms with Crippen LogP contribution in [0.15, 0.2) is 87.2 Å². The topological polar surface area (TPSA) is 182 Å². The lowest BCUT2D eigenvalue weighted by Crippen LogP contribution is -2.41. The molecular formula is C47H50FN9O7S. The van der Waals surface area contributed by atoms with Crippen molar-refractivity contribution in [3.8, 4) is 17.2 Å². The van der Waals surface area contributed by atoms with Crippen molar-refractivity contribution in [1.82, 2.24) is 38.5 Å². The molecule has 3 atom stereocenters. The lowest BCUT2D eigenvalue weighted by atomic mass is 9.91. The van der Waals surface area contributed by atoms with Gasteiger partial charge in [-0.25, -0.2) is 18.7 Å². The maximum absolute atomic E-state index is 15.5. The largest absolute Gasteiger partial charge is 0.438 e. The van der Waals surface area contributed by atoms with Crippen LogP contribution in [0, 0.1) is 25.6 Å². The first-order valence-electron chi connectivity index (χ1n) is 22.2. The van der Waals surface area contributed by atoms with Gasteiger partial charge in [0.25, 0.3) is 5.91 Å². The number of benzene rings is 3. The Hall–Kier alpha value is -6.21. The molecule has 0 spiro atoms. The number of carbonyl (C=O) groups is 1. The number of amides is 1. The van der Waals surface area contributed by atoms with Gasteiger partial charge in [-0.3, -0.25) is 36.8 Å². The summed E-state index contributed by atoms with van der Waals surface area (Å²) in [5, 5.41) is 10.2. The summed E-state index contributed by atoms with van der Waals surface area (Å²) in [6.07, 6.45) is 6.77. The molecule has 0 radical (unpaired) electrons. The van der Waals surface area contributed by atoms with Gasteiger partial charge >= 0.3 is 11.4 Å². The smallest absolute Gasteiger partial charge is 0.381 e. The van der Waals surface area contributed by atoms with E-state index in [0.29, 0.717) is 108 Å². The number of carbonyl (C=O) groups excluding carboxylic acids is 1. The first-order chi connectivity index (χ1) is 31.2. The highest BCUT2D eigenvalue weighted by Crippen LogP contribution is 2.56. The molecule has 7 aromatic rings. The number of hydrogen-bond acceptors (Lipinski definition) is 10. The third-order valence-electron chi connectivity index (χ3n) is 14.2. The van der Waals surface area contributed by atoms with Crippen LogP contribution in [0.4, 0.5) is 10.1 Å². The third kappa shape index (κ3) is 6.54. The van der Waals surface area contributed by atoms with E-state index in [2.05, 4.69) is 35.3 Å². The van der Waals surface area contributed by atoms with E-state index < -0.39 is 33.8 Å². The fourth-order valence-electron chi connectivity index (χ4n) is 10.7. The summed E-state index contributed by atoms with van der Waals surface area (Å²) in [6, 6.07) is 18.2. The van der Waals surface area contributed by atoms with Crippen molar-refractivity contribution in [2.24, 2.45) is 5.92 Å². The zero-order valence-corrected chi connectivity index (χ0v) is 37.3. The minimum atomic E-state index is -2.97. The molecule has 1 unspecified atom stereocenters. The number of hydrogen-bond donors (Lipinski definition) is 3. The Morgan fingerprint density at radius 2 is 1.68 bits per heavy atom. The van der Waals surface area contributed by atoms with Crippen molar-refractivity contribution in [1.29, 1.82) is 0 Å². The zero-order valence-electron chi connectivity index (χ0n) is 36.5. The number of halogens is 1. The van der Waals surface area contributed by atoms with Gasteiger partial charge in [-0.2, -0.15) is 5.10 Å². The van der Waals surface area contributed by atoms with Gasteiger partial charge in [-0.05, 0) is 124 Å². The Morgan fingerprint density at radius 3 is 2.37 bits per heavy atom. The summed E-state index contributed by atoms with van der Waals surface area (Å²) in [5.74, 6) is 0.167. The Bertz CT molecular complexity index is 3150. The number of H-pyrrole nitrogens is 1. The van der Waals surface area contributed by atoms with E-state index in [1.165, 1.54) is 14.7 Å². The monoisotopic (exact) mass is 903 g/mol. The molecule has 1 amide bonds. The minimum absolute atomic E-state index is 0.0152. The molecule has 1 aliphatic carbocycles. The van der Waals surface area contributed by atoms with Gasteiger partial charge in [0.05, 0.1) is 34.6 Å². The van der Waals surface area contributed by atoms with Crippen LogP contribution >= 0.6 is 10.8 Å².